The van der Waals surface area contributed by atoms with Crippen molar-refractivity contribution in [3.63, 3.8) is 0 Å². The molecule has 35 heavy (non-hydrogen) atoms. The molecule has 0 aromatic heterocycles. The van der Waals surface area contributed by atoms with Gasteiger partial charge in [-0.2, -0.15) is 0 Å². The number of aryl methyl sites for hydroxylation is 2. The third kappa shape index (κ3) is 8.54. The fourth-order valence-electron chi connectivity index (χ4n) is 3.92. The van der Waals surface area contributed by atoms with E-state index in [1.165, 1.54) is 4.90 Å². The standard InChI is InChI=1S/C26H36ClN3O4S/c1-6-8-13-28-26(32)24(7-2)29(17-21-9-11-22(27)12-10-21)25(31)18-30(35(5,33)34)23-15-19(3)14-20(4)16-23/h9-12,14-16,24H,6-8,13,17-18H2,1-5H3,(H,28,32). The van der Waals surface area contributed by atoms with Crippen LogP contribution < -0.4 is 9.62 Å². The number of amides is 2. The van der Waals surface area contributed by atoms with E-state index in [2.05, 4.69) is 5.32 Å². The Morgan fingerprint density at radius 3 is 2.14 bits per heavy atom. The van der Waals surface area contributed by atoms with Crippen molar-refractivity contribution in [2.45, 2.75) is 59.5 Å². The molecule has 1 N–H and O–H groups in total. The molecule has 0 spiro atoms. The second-order valence-corrected chi connectivity index (χ2v) is 11.2. The van der Waals surface area contributed by atoms with E-state index in [0.29, 0.717) is 23.7 Å². The summed E-state index contributed by atoms with van der Waals surface area (Å²) in [6.07, 6.45) is 3.24. The van der Waals surface area contributed by atoms with Gasteiger partial charge in [0.1, 0.15) is 12.6 Å². The number of benzene rings is 2. The van der Waals surface area contributed by atoms with Crippen molar-refractivity contribution in [1.82, 2.24) is 10.2 Å². The second kappa shape index (κ2) is 12.9. The van der Waals surface area contributed by atoms with Gasteiger partial charge in [-0.05, 0) is 67.6 Å². The number of hydrogen-bond acceptors (Lipinski definition) is 4. The number of unbranched alkanes of at least 4 members (excludes halogenated alkanes) is 1. The van der Waals surface area contributed by atoms with Gasteiger partial charge in [0.2, 0.25) is 21.8 Å². The van der Waals surface area contributed by atoms with E-state index in [-0.39, 0.29) is 12.5 Å². The van der Waals surface area contributed by atoms with E-state index in [9.17, 15) is 18.0 Å². The zero-order valence-electron chi connectivity index (χ0n) is 21.2. The molecule has 0 aliphatic rings. The predicted octanol–water partition coefficient (Wildman–Crippen LogP) is 4.45. The van der Waals surface area contributed by atoms with Gasteiger partial charge in [0.05, 0.1) is 11.9 Å². The van der Waals surface area contributed by atoms with E-state index >= 15 is 0 Å². The van der Waals surface area contributed by atoms with Crippen LogP contribution in [0.2, 0.25) is 5.02 Å². The van der Waals surface area contributed by atoms with Gasteiger partial charge in [-0.25, -0.2) is 8.42 Å². The minimum atomic E-state index is -3.76. The average Bonchev–Trinajstić information content (AvgIpc) is 2.77. The zero-order valence-corrected chi connectivity index (χ0v) is 22.7. The molecule has 9 heteroatoms. The van der Waals surface area contributed by atoms with Crippen molar-refractivity contribution in [2.75, 3.05) is 23.7 Å². The molecular weight excluding hydrogens is 486 g/mol. The lowest BCUT2D eigenvalue weighted by molar-refractivity contribution is -0.140. The predicted molar refractivity (Wildman–Crippen MR) is 142 cm³/mol. The van der Waals surface area contributed by atoms with Crippen molar-refractivity contribution in [3.05, 3.63) is 64.2 Å². The largest absolute Gasteiger partial charge is 0.354 e. The molecule has 2 amide bonds. The van der Waals surface area contributed by atoms with E-state index in [1.807, 2.05) is 33.8 Å². The Balaban J connectivity index is 2.42. The second-order valence-electron chi connectivity index (χ2n) is 8.83. The molecule has 0 bridgehead atoms. The highest BCUT2D eigenvalue weighted by molar-refractivity contribution is 7.92. The molecule has 0 saturated heterocycles. The van der Waals surface area contributed by atoms with Crippen molar-refractivity contribution in [1.29, 1.82) is 0 Å². The van der Waals surface area contributed by atoms with Crippen molar-refractivity contribution >= 4 is 39.1 Å². The summed E-state index contributed by atoms with van der Waals surface area (Å²) >= 11 is 6.02. The normalized spacial score (nSPS) is 12.2. The Kier molecular flexibility index (Phi) is 10.6. The highest BCUT2D eigenvalue weighted by atomic mass is 35.5. The topological polar surface area (TPSA) is 86.8 Å². The molecule has 0 fully saturated rings. The average molecular weight is 522 g/mol. The number of anilines is 1. The van der Waals surface area contributed by atoms with Crippen LogP contribution in [0, 0.1) is 13.8 Å². The third-order valence-corrected chi connectivity index (χ3v) is 7.05. The van der Waals surface area contributed by atoms with Crippen LogP contribution in [0.25, 0.3) is 0 Å². The quantitative estimate of drug-likeness (QED) is 0.418. The van der Waals surface area contributed by atoms with Crippen LogP contribution in [0.4, 0.5) is 5.69 Å². The Bertz CT molecular complexity index is 1100. The van der Waals surface area contributed by atoms with Gasteiger partial charge in [0.25, 0.3) is 0 Å². The van der Waals surface area contributed by atoms with Crippen LogP contribution in [-0.4, -0.2) is 50.5 Å². The van der Waals surface area contributed by atoms with Gasteiger partial charge in [-0.1, -0.05) is 50.1 Å². The highest BCUT2D eigenvalue weighted by Crippen LogP contribution is 2.23. The summed E-state index contributed by atoms with van der Waals surface area (Å²) < 4.78 is 26.5. The lowest BCUT2D eigenvalue weighted by Crippen LogP contribution is -2.52. The number of carbonyl (C=O) groups excluding carboxylic acids is 2. The Morgan fingerprint density at radius 1 is 1.03 bits per heavy atom. The van der Waals surface area contributed by atoms with Crippen molar-refractivity contribution < 1.29 is 18.0 Å². The smallest absolute Gasteiger partial charge is 0.244 e. The summed E-state index contributed by atoms with van der Waals surface area (Å²) in [5, 5.41) is 3.47. The molecule has 2 aromatic rings. The minimum Gasteiger partial charge on any atom is -0.354 e. The summed E-state index contributed by atoms with van der Waals surface area (Å²) in [6.45, 7) is 7.89. The zero-order chi connectivity index (χ0) is 26.2. The van der Waals surface area contributed by atoms with Gasteiger partial charge in [-0.15, -0.1) is 0 Å². The van der Waals surface area contributed by atoms with Crippen LogP contribution in [0.15, 0.2) is 42.5 Å². The third-order valence-electron chi connectivity index (χ3n) is 5.66. The molecular formula is C26H36ClN3O4S. The van der Waals surface area contributed by atoms with Crippen LogP contribution in [0.5, 0.6) is 0 Å². The van der Waals surface area contributed by atoms with E-state index in [0.717, 1.165) is 40.1 Å². The Morgan fingerprint density at radius 2 is 1.63 bits per heavy atom. The summed E-state index contributed by atoms with van der Waals surface area (Å²) in [5.74, 6) is -0.706. The molecule has 2 rings (SSSR count). The van der Waals surface area contributed by atoms with Crippen LogP contribution in [0.3, 0.4) is 0 Å². The molecule has 2 aromatic carbocycles. The maximum absolute atomic E-state index is 13.7. The van der Waals surface area contributed by atoms with Gasteiger partial charge in [-0.3, -0.25) is 13.9 Å². The van der Waals surface area contributed by atoms with Gasteiger partial charge < -0.3 is 10.2 Å². The lowest BCUT2D eigenvalue weighted by Gasteiger charge is -2.33. The highest BCUT2D eigenvalue weighted by Gasteiger charge is 2.31. The molecule has 0 heterocycles. The molecule has 0 saturated carbocycles. The molecule has 7 nitrogen and oxygen atoms in total. The number of sulfonamides is 1. The fraction of sp³-hybridized carbons (Fsp3) is 0.462. The SMILES string of the molecule is CCCCNC(=O)C(CC)N(Cc1ccc(Cl)cc1)C(=O)CN(c1cc(C)cc(C)c1)S(C)(=O)=O. The molecule has 192 valence electrons. The van der Waals surface area contributed by atoms with E-state index < -0.39 is 28.5 Å². The monoisotopic (exact) mass is 521 g/mol. The van der Waals surface area contributed by atoms with Gasteiger partial charge in [0.15, 0.2) is 0 Å². The molecule has 1 atom stereocenters. The van der Waals surface area contributed by atoms with Crippen LogP contribution in [0.1, 0.15) is 49.8 Å². The first kappa shape index (κ1) is 28.7. The number of nitrogens with zero attached hydrogens (tertiary/aromatic N) is 2. The Hall–Kier alpha value is -2.58. The first-order valence-corrected chi connectivity index (χ1v) is 14.1. The number of carbonyl (C=O) groups is 2. The lowest BCUT2D eigenvalue weighted by atomic mass is 10.1. The molecule has 1 unspecified atom stereocenters. The van der Waals surface area contributed by atoms with Crippen LogP contribution >= 0.6 is 11.6 Å². The van der Waals surface area contributed by atoms with Crippen molar-refractivity contribution in [3.8, 4) is 0 Å². The molecule has 0 aliphatic carbocycles. The molecule has 0 aliphatic heterocycles. The molecule has 0 radical (unpaired) electrons. The minimum absolute atomic E-state index is 0.153. The maximum Gasteiger partial charge on any atom is 0.244 e. The van der Waals surface area contributed by atoms with Crippen LogP contribution in [-0.2, 0) is 26.2 Å². The summed E-state index contributed by atoms with van der Waals surface area (Å²) in [5.41, 5.74) is 2.99. The fourth-order valence-corrected chi connectivity index (χ4v) is 4.88. The van der Waals surface area contributed by atoms with E-state index in [1.54, 1.807) is 36.4 Å². The number of hydrogen-bond donors (Lipinski definition) is 1. The number of nitrogens with one attached hydrogen (secondary N) is 1. The summed E-state index contributed by atoms with van der Waals surface area (Å²) in [4.78, 5) is 28.2. The Labute approximate surface area is 214 Å². The first-order valence-electron chi connectivity index (χ1n) is 11.8. The van der Waals surface area contributed by atoms with Crippen molar-refractivity contribution in [2.24, 2.45) is 0 Å². The first-order chi connectivity index (χ1) is 16.5. The van der Waals surface area contributed by atoms with Gasteiger partial charge in [0, 0.05) is 18.1 Å². The number of halogens is 1. The summed E-state index contributed by atoms with van der Waals surface area (Å²) in [7, 11) is -3.76. The number of rotatable bonds is 12. The van der Waals surface area contributed by atoms with E-state index in [4.69, 9.17) is 11.6 Å². The van der Waals surface area contributed by atoms with Gasteiger partial charge >= 0.3 is 0 Å². The maximum atomic E-state index is 13.7. The summed E-state index contributed by atoms with van der Waals surface area (Å²) in [6, 6.07) is 11.7.